The van der Waals surface area contributed by atoms with Gasteiger partial charge in [-0.1, -0.05) is 18.7 Å². The Balaban J connectivity index is 2.62. The number of rotatable bonds is 5. The molecule has 78 valence electrons. The van der Waals surface area contributed by atoms with Gasteiger partial charge in [-0.25, -0.2) is 4.98 Å². The summed E-state index contributed by atoms with van der Waals surface area (Å²) in [5.74, 6) is -0.163. The third-order valence-corrected chi connectivity index (χ3v) is 3.53. The van der Waals surface area contributed by atoms with Crippen molar-refractivity contribution in [3.8, 4) is 0 Å². The molecule has 0 fully saturated rings. The summed E-state index contributed by atoms with van der Waals surface area (Å²) in [5, 5.41) is 8.12. The van der Waals surface area contributed by atoms with Gasteiger partial charge in [-0.2, -0.15) is 4.37 Å². The van der Waals surface area contributed by atoms with Crippen LogP contribution in [0, 0.1) is 0 Å². The van der Waals surface area contributed by atoms with Crippen LogP contribution in [0.15, 0.2) is 4.34 Å². The van der Waals surface area contributed by atoms with Crippen LogP contribution in [0.1, 0.15) is 12.7 Å². The number of thioether (sulfide) groups is 1. The predicted octanol–water partition coefficient (Wildman–Crippen LogP) is 0.605. The van der Waals surface area contributed by atoms with Crippen LogP contribution in [0.2, 0.25) is 0 Å². The molecule has 0 aliphatic carbocycles. The molecule has 1 aromatic heterocycles. The molecule has 0 amide bonds. The number of aliphatic carboxylic acids is 1. The highest BCUT2D eigenvalue weighted by Crippen LogP contribution is 2.24. The molecule has 0 radical (unpaired) electrons. The first-order chi connectivity index (χ1) is 6.67. The van der Waals surface area contributed by atoms with E-state index in [-0.39, 0.29) is 6.54 Å². The normalized spacial score (nSPS) is 12.7. The Morgan fingerprint density at radius 3 is 2.93 bits per heavy atom. The van der Waals surface area contributed by atoms with Crippen molar-refractivity contribution in [2.75, 3.05) is 6.54 Å². The maximum Gasteiger partial charge on any atom is 0.318 e. The van der Waals surface area contributed by atoms with Gasteiger partial charge in [0, 0.05) is 13.0 Å². The van der Waals surface area contributed by atoms with E-state index in [1.165, 1.54) is 11.5 Å². The summed E-state index contributed by atoms with van der Waals surface area (Å²) in [5.41, 5.74) is 5.32. The van der Waals surface area contributed by atoms with Gasteiger partial charge in [0.15, 0.2) is 4.34 Å². The van der Waals surface area contributed by atoms with E-state index in [9.17, 15) is 4.79 Å². The van der Waals surface area contributed by atoms with Gasteiger partial charge in [-0.3, -0.25) is 4.79 Å². The summed E-state index contributed by atoms with van der Waals surface area (Å²) in [7, 11) is 0. The van der Waals surface area contributed by atoms with E-state index < -0.39 is 11.2 Å². The Hall–Kier alpha value is -0.660. The minimum absolute atomic E-state index is 0.0983. The Kier molecular flexibility index (Phi) is 4.30. The van der Waals surface area contributed by atoms with Gasteiger partial charge in [0.25, 0.3) is 0 Å². The fraction of sp³-hybridized carbons (Fsp3) is 0.571. The average Bonchev–Trinajstić information content (AvgIpc) is 2.61. The van der Waals surface area contributed by atoms with Crippen molar-refractivity contribution in [1.82, 2.24) is 9.36 Å². The van der Waals surface area contributed by atoms with Crippen LogP contribution >= 0.6 is 23.3 Å². The zero-order valence-electron chi connectivity index (χ0n) is 7.64. The molecule has 0 spiro atoms. The monoisotopic (exact) mass is 233 g/mol. The van der Waals surface area contributed by atoms with Gasteiger partial charge in [0.1, 0.15) is 11.1 Å². The zero-order chi connectivity index (χ0) is 10.6. The fourth-order valence-electron chi connectivity index (χ4n) is 0.750. The summed E-state index contributed by atoms with van der Waals surface area (Å²) < 4.78 is 4.72. The quantitative estimate of drug-likeness (QED) is 0.724. The number of hydrogen-bond donors (Lipinski definition) is 2. The van der Waals surface area contributed by atoms with E-state index in [1.54, 1.807) is 0 Å². The Morgan fingerprint density at radius 1 is 1.79 bits per heavy atom. The van der Waals surface area contributed by atoms with Crippen molar-refractivity contribution >= 4 is 29.3 Å². The lowest BCUT2D eigenvalue weighted by molar-refractivity contribution is -0.136. The van der Waals surface area contributed by atoms with Crippen molar-refractivity contribution < 1.29 is 9.90 Å². The molecule has 0 aromatic carbocycles. The minimum atomic E-state index is -0.911. The standard InChI is InChI=1S/C7H11N3O2S2/c1-2-5-9-7(14-10-5)13-4(3-8)6(11)12/h4H,2-3,8H2,1H3,(H,11,12). The van der Waals surface area contributed by atoms with Crippen LogP contribution in [-0.4, -0.2) is 32.2 Å². The van der Waals surface area contributed by atoms with Gasteiger partial charge in [0.2, 0.25) is 0 Å². The van der Waals surface area contributed by atoms with Crippen molar-refractivity contribution in [3.63, 3.8) is 0 Å². The molecule has 7 heteroatoms. The number of carboxylic acids is 1. The minimum Gasteiger partial charge on any atom is -0.480 e. The Labute approximate surface area is 89.9 Å². The maximum atomic E-state index is 10.7. The SMILES string of the molecule is CCc1nsc(SC(CN)C(=O)O)n1. The number of aromatic nitrogens is 2. The second-order valence-electron chi connectivity index (χ2n) is 2.51. The molecular weight excluding hydrogens is 222 g/mol. The smallest absolute Gasteiger partial charge is 0.318 e. The molecule has 1 aromatic rings. The first-order valence-electron chi connectivity index (χ1n) is 4.09. The van der Waals surface area contributed by atoms with E-state index in [0.717, 1.165) is 24.0 Å². The average molecular weight is 233 g/mol. The summed E-state index contributed by atoms with van der Waals surface area (Å²) in [6.45, 7) is 2.05. The third-order valence-electron chi connectivity index (χ3n) is 1.50. The zero-order valence-corrected chi connectivity index (χ0v) is 9.27. The van der Waals surface area contributed by atoms with Crippen LogP contribution in [0.5, 0.6) is 0 Å². The van der Waals surface area contributed by atoms with Crippen LogP contribution in [0.4, 0.5) is 0 Å². The van der Waals surface area contributed by atoms with E-state index >= 15 is 0 Å². The molecule has 0 aliphatic rings. The molecule has 5 nitrogen and oxygen atoms in total. The fourth-order valence-corrected chi connectivity index (χ4v) is 2.48. The topological polar surface area (TPSA) is 89.1 Å². The highest BCUT2D eigenvalue weighted by Gasteiger charge is 2.18. The van der Waals surface area contributed by atoms with Crippen molar-refractivity contribution in [2.45, 2.75) is 22.9 Å². The highest BCUT2D eigenvalue weighted by molar-refractivity contribution is 8.02. The molecule has 1 unspecified atom stereocenters. The number of carboxylic acid groups (broad SMARTS) is 1. The Bertz CT molecular complexity index is 316. The van der Waals surface area contributed by atoms with Crippen molar-refractivity contribution in [3.05, 3.63) is 5.82 Å². The third kappa shape index (κ3) is 2.93. The number of nitrogens with zero attached hydrogens (tertiary/aromatic N) is 2. The van der Waals surface area contributed by atoms with Crippen LogP contribution in [0.25, 0.3) is 0 Å². The predicted molar refractivity (Wildman–Crippen MR) is 55.6 cm³/mol. The van der Waals surface area contributed by atoms with Gasteiger partial charge in [0.05, 0.1) is 0 Å². The maximum absolute atomic E-state index is 10.7. The van der Waals surface area contributed by atoms with Crippen molar-refractivity contribution in [2.24, 2.45) is 5.73 Å². The molecule has 3 N–H and O–H groups in total. The molecule has 1 heterocycles. The molecule has 1 rings (SSSR count). The van der Waals surface area contributed by atoms with Crippen LogP contribution in [0.3, 0.4) is 0 Å². The lowest BCUT2D eigenvalue weighted by atomic mass is 10.4. The molecule has 0 bridgehead atoms. The highest BCUT2D eigenvalue weighted by atomic mass is 32.2. The second kappa shape index (κ2) is 5.28. The Morgan fingerprint density at radius 2 is 2.50 bits per heavy atom. The molecule has 1 atom stereocenters. The van der Waals surface area contributed by atoms with Gasteiger partial charge in [-0.15, -0.1) is 0 Å². The molecule has 0 aliphatic heterocycles. The van der Waals surface area contributed by atoms with Gasteiger partial charge in [-0.05, 0) is 11.5 Å². The summed E-state index contributed by atoms with van der Waals surface area (Å²) in [6.07, 6.45) is 0.761. The summed E-state index contributed by atoms with van der Waals surface area (Å²) >= 11 is 2.37. The summed E-state index contributed by atoms with van der Waals surface area (Å²) in [4.78, 5) is 14.8. The first-order valence-corrected chi connectivity index (χ1v) is 5.74. The first kappa shape index (κ1) is 11.4. The van der Waals surface area contributed by atoms with Crippen LogP contribution < -0.4 is 5.73 Å². The van der Waals surface area contributed by atoms with Crippen molar-refractivity contribution in [1.29, 1.82) is 0 Å². The van der Waals surface area contributed by atoms with E-state index in [4.69, 9.17) is 10.8 Å². The van der Waals surface area contributed by atoms with Crippen LogP contribution in [-0.2, 0) is 11.2 Å². The van der Waals surface area contributed by atoms with Gasteiger partial charge < -0.3 is 10.8 Å². The number of carbonyl (C=O) groups is 1. The number of aryl methyl sites for hydroxylation is 1. The molecule has 0 saturated heterocycles. The largest absolute Gasteiger partial charge is 0.480 e. The lowest BCUT2D eigenvalue weighted by Crippen LogP contribution is -2.25. The molecular formula is C7H11N3O2S2. The van der Waals surface area contributed by atoms with E-state index in [1.807, 2.05) is 6.92 Å². The number of hydrogen-bond acceptors (Lipinski definition) is 6. The van der Waals surface area contributed by atoms with E-state index in [2.05, 4.69) is 9.36 Å². The lowest BCUT2D eigenvalue weighted by Gasteiger charge is -2.04. The summed E-state index contributed by atoms with van der Waals surface area (Å²) in [6, 6.07) is 0. The second-order valence-corrected chi connectivity index (χ2v) is 4.71. The van der Waals surface area contributed by atoms with Gasteiger partial charge >= 0.3 is 5.97 Å². The number of nitrogens with two attached hydrogens (primary N) is 1. The molecule has 14 heavy (non-hydrogen) atoms. The molecule has 0 saturated carbocycles. The van der Waals surface area contributed by atoms with E-state index in [0.29, 0.717) is 4.34 Å².